The molecule has 4 aromatic rings. The van der Waals surface area contributed by atoms with Crippen LogP contribution in [0.15, 0.2) is 96.4 Å². The largest absolute Gasteiger partial charge is 0.494 e. The molecule has 42 heavy (non-hydrogen) atoms. The Balaban J connectivity index is 1.33. The number of hydrogen-bond acceptors (Lipinski definition) is 7. The highest BCUT2D eigenvalue weighted by Gasteiger charge is 2.31. The van der Waals surface area contributed by atoms with Crippen LogP contribution in [0.3, 0.4) is 0 Å². The van der Waals surface area contributed by atoms with E-state index in [0.717, 1.165) is 17.5 Å². The van der Waals surface area contributed by atoms with E-state index in [-0.39, 0.29) is 23.8 Å². The van der Waals surface area contributed by atoms with Crippen molar-refractivity contribution in [2.75, 3.05) is 6.61 Å². The molecule has 0 aliphatic carbocycles. The van der Waals surface area contributed by atoms with E-state index in [1.807, 2.05) is 37.3 Å². The summed E-state index contributed by atoms with van der Waals surface area (Å²) in [4.78, 5) is 12.8. The summed E-state index contributed by atoms with van der Waals surface area (Å²) in [5.74, 6) is 0.950. The van der Waals surface area contributed by atoms with Gasteiger partial charge in [-0.2, -0.15) is 5.26 Å². The van der Waals surface area contributed by atoms with Gasteiger partial charge in [-0.1, -0.05) is 54.4 Å². The van der Waals surface area contributed by atoms with Gasteiger partial charge in [0.05, 0.1) is 18.1 Å². The van der Waals surface area contributed by atoms with Gasteiger partial charge < -0.3 is 24.7 Å². The summed E-state index contributed by atoms with van der Waals surface area (Å²) in [5.41, 5.74) is 9.14. The lowest BCUT2D eigenvalue weighted by molar-refractivity contribution is 0.0734. The number of fused-ring (bicyclic) bond motifs is 1. The van der Waals surface area contributed by atoms with Gasteiger partial charge >= 0.3 is 5.97 Å². The number of carbonyl (C=O) groups excluding carboxylic acids is 1. The van der Waals surface area contributed by atoms with E-state index < -0.39 is 11.9 Å². The monoisotopic (exact) mass is 600 g/mol. The van der Waals surface area contributed by atoms with Crippen molar-refractivity contribution in [2.24, 2.45) is 5.73 Å². The van der Waals surface area contributed by atoms with Gasteiger partial charge in [0.1, 0.15) is 41.2 Å². The molecule has 0 saturated heterocycles. The number of nitriles is 1. The Morgan fingerprint density at radius 1 is 0.929 bits per heavy atom. The van der Waals surface area contributed by atoms with Crippen molar-refractivity contribution in [3.8, 4) is 29.1 Å². The van der Waals surface area contributed by atoms with Gasteiger partial charge in [-0.15, -0.1) is 0 Å². The molecule has 0 saturated carbocycles. The molecule has 9 heteroatoms. The van der Waals surface area contributed by atoms with E-state index >= 15 is 0 Å². The number of nitrogens with zero attached hydrogens (tertiary/aromatic N) is 1. The van der Waals surface area contributed by atoms with Crippen LogP contribution in [0, 0.1) is 11.3 Å². The van der Waals surface area contributed by atoms with Gasteiger partial charge in [0, 0.05) is 27.2 Å². The van der Waals surface area contributed by atoms with E-state index in [4.69, 9.17) is 47.9 Å². The number of rotatable bonds is 9. The molecule has 1 heterocycles. The summed E-state index contributed by atoms with van der Waals surface area (Å²) in [6.45, 7) is 2.89. The molecule has 0 spiro atoms. The van der Waals surface area contributed by atoms with Crippen LogP contribution in [0.2, 0.25) is 10.0 Å². The molecule has 0 radical (unpaired) electrons. The average molecular weight is 601 g/mol. The molecule has 1 aliphatic rings. The summed E-state index contributed by atoms with van der Waals surface area (Å²) >= 11 is 12.2. The van der Waals surface area contributed by atoms with Crippen LogP contribution in [0.25, 0.3) is 0 Å². The van der Waals surface area contributed by atoms with Crippen molar-refractivity contribution in [3.63, 3.8) is 0 Å². The minimum absolute atomic E-state index is 0.0150. The zero-order valence-electron chi connectivity index (χ0n) is 22.6. The number of esters is 1. The molecule has 0 bridgehead atoms. The smallest absolute Gasteiger partial charge is 0.343 e. The molecule has 1 atom stereocenters. The van der Waals surface area contributed by atoms with Gasteiger partial charge in [0.15, 0.2) is 0 Å². The van der Waals surface area contributed by atoms with Crippen LogP contribution >= 0.6 is 23.2 Å². The van der Waals surface area contributed by atoms with E-state index in [1.165, 1.54) is 0 Å². The molecule has 5 rings (SSSR count). The number of carbonyl (C=O) groups is 1. The molecular weight excluding hydrogens is 575 g/mol. The molecule has 7 nitrogen and oxygen atoms in total. The summed E-state index contributed by atoms with van der Waals surface area (Å²) in [5, 5.41) is 11.0. The molecule has 212 valence electrons. The van der Waals surface area contributed by atoms with Gasteiger partial charge in [-0.05, 0) is 66.6 Å². The van der Waals surface area contributed by atoms with E-state index in [9.17, 15) is 10.1 Å². The third kappa shape index (κ3) is 6.46. The van der Waals surface area contributed by atoms with Crippen molar-refractivity contribution >= 4 is 29.2 Å². The number of allylic oxidation sites excluding steroid dienone is 1. The molecule has 2 N–H and O–H groups in total. The Hall–Kier alpha value is -4.64. The van der Waals surface area contributed by atoms with Crippen LogP contribution in [-0.2, 0) is 6.61 Å². The lowest BCUT2D eigenvalue weighted by atomic mass is 9.83. The van der Waals surface area contributed by atoms with Crippen molar-refractivity contribution in [2.45, 2.75) is 25.9 Å². The first-order chi connectivity index (χ1) is 20.4. The summed E-state index contributed by atoms with van der Waals surface area (Å²) < 4.78 is 22.8. The standard InChI is InChI=1S/C33H26Cl2N2O5/c1-2-15-39-24-11-6-21(7-12-24)33(38)41-26-13-14-27-30(17-26)42-32(37)28(18-36)31(27)20-4-9-25(10-5-20)40-19-22-3-8-23(34)16-29(22)35/h3-14,16-17,31H,2,15,19,37H2,1H3. The number of ether oxygens (including phenoxy) is 4. The molecule has 1 aliphatic heterocycles. The van der Waals surface area contributed by atoms with Gasteiger partial charge in [-0.25, -0.2) is 4.79 Å². The normalized spacial score (nSPS) is 13.9. The second-order valence-electron chi connectivity index (χ2n) is 9.48. The molecule has 1 unspecified atom stereocenters. The average Bonchev–Trinajstić information content (AvgIpc) is 2.99. The second-order valence-corrected chi connectivity index (χ2v) is 10.3. The number of hydrogen-bond donors (Lipinski definition) is 1. The molecule has 4 aromatic carbocycles. The van der Waals surface area contributed by atoms with E-state index in [2.05, 4.69) is 6.07 Å². The fourth-order valence-corrected chi connectivity index (χ4v) is 4.93. The minimum Gasteiger partial charge on any atom is -0.494 e. The van der Waals surface area contributed by atoms with Gasteiger partial charge in [-0.3, -0.25) is 0 Å². The zero-order valence-corrected chi connectivity index (χ0v) is 24.1. The van der Waals surface area contributed by atoms with Crippen molar-refractivity contribution < 1.29 is 23.7 Å². The minimum atomic E-state index is -0.527. The highest BCUT2D eigenvalue weighted by Crippen LogP contribution is 2.43. The van der Waals surface area contributed by atoms with Crippen LogP contribution in [-0.4, -0.2) is 12.6 Å². The third-order valence-corrected chi connectivity index (χ3v) is 7.17. The van der Waals surface area contributed by atoms with Gasteiger partial charge in [0.25, 0.3) is 0 Å². The van der Waals surface area contributed by atoms with Crippen LogP contribution in [0.1, 0.15) is 46.3 Å². The SMILES string of the molecule is CCCOc1ccc(C(=O)Oc2ccc3c(c2)OC(N)=C(C#N)C3c2ccc(OCc3ccc(Cl)cc3Cl)cc2)cc1. The van der Waals surface area contributed by atoms with Crippen LogP contribution in [0.4, 0.5) is 0 Å². The summed E-state index contributed by atoms with van der Waals surface area (Å²) in [6.07, 6.45) is 0.890. The fourth-order valence-electron chi connectivity index (χ4n) is 4.47. The Morgan fingerprint density at radius 2 is 1.62 bits per heavy atom. The number of nitrogens with two attached hydrogens (primary N) is 1. The zero-order chi connectivity index (χ0) is 29.6. The maximum atomic E-state index is 12.8. The lowest BCUT2D eigenvalue weighted by Crippen LogP contribution is -2.21. The molecule has 0 fully saturated rings. The first kappa shape index (κ1) is 28.9. The first-order valence-electron chi connectivity index (χ1n) is 13.2. The summed E-state index contributed by atoms with van der Waals surface area (Å²) in [7, 11) is 0. The predicted octanol–water partition coefficient (Wildman–Crippen LogP) is 7.80. The maximum Gasteiger partial charge on any atom is 0.343 e. The second kappa shape index (κ2) is 12.9. The fraction of sp³-hybridized carbons (Fsp3) is 0.152. The van der Waals surface area contributed by atoms with Gasteiger partial charge in [0.2, 0.25) is 5.88 Å². The van der Waals surface area contributed by atoms with Crippen molar-refractivity contribution in [3.05, 3.63) is 129 Å². The van der Waals surface area contributed by atoms with E-state index in [1.54, 1.807) is 54.6 Å². The highest BCUT2D eigenvalue weighted by atomic mass is 35.5. The quantitative estimate of drug-likeness (QED) is 0.154. The third-order valence-electron chi connectivity index (χ3n) is 6.59. The first-order valence-corrected chi connectivity index (χ1v) is 13.9. The Labute approximate surface area is 253 Å². The Bertz CT molecular complexity index is 1680. The Kier molecular flexibility index (Phi) is 8.87. The molecule has 0 aromatic heterocycles. The predicted molar refractivity (Wildman–Crippen MR) is 160 cm³/mol. The lowest BCUT2D eigenvalue weighted by Gasteiger charge is -2.26. The number of halogens is 2. The molecule has 0 amide bonds. The van der Waals surface area contributed by atoms with Crippen LogP contribution < -0.4 is 24.7 Å². The van der Waals surface area contributed by atoms with Crippen LogP contribution in [0.5, 0.6) is 23.0 Å². The van der Waals surface area contributed by atoms with Crippen molar-refractivity contribution in [1.82, 2.24) is 0 Å². The summed E-state index contributed by atoms with van der Waals surface area (Å²) in [6, 6.07) is 26.5. The van der Waals surface area contributed by atoms with Crippen molar-refractivity contribution in [1.29, 1.82) is 5.26 Å². The topological polar surface area (TPSA) is 104 Å². The number of benzene rings is 4. The van der Waals surface area contributed by atoms with E-state index in [0.29, 0.717) is 45.0 Å². The highest BCUT2D eigenvalue weighted by molar-refractivity contribution is 6.35. The Morgan fingerprint density at radius 3 is 2.31 bits per heavy atom. The maximum absolute atomic E-state index is 12.8. The molecular formula is C33H26Cl2N2O5.